The number of hydrogen-bond acceptors (Lipinski definition) is 5. The maximum Gasteiger partial charge on any atom is 0.0880 e. The summed E-state index contributed by atoms with van der Waals surface area (Å²) in [5.74, 6) is 0. The van der Waals surface area contributed by atoms with Crippen LogP contribution >= 0.6 is 0 Å². The lowest BCUT2D eigenvalue weighted by molar-refractivity contribution is 0.137. The molecule has 0 radical (unpaired) electrons. The van der Waals surface area contributed by atoms with E-state index in [0.717, 1.165) is 5.69 Å². The lowest BCUT2D eigenvalue weighted by Crippen LogP contribution is -2.47. The molecule has 1 aromatic rings. The van der Waals surface area contributed by atoms with Crippen molar-refractivity contribution in [2.24, 2.45) is 5.41 Å². The molecule has 0 bridgehead atoms. The highest BCUT2D eigenvalue weighted by Gasteiger charge is 2.28. The Labute approximate surface area is 160 Å². The molecule has 0 fully saturated rings. The molecule has 0 amide bonds. The third kappa shape index (κ3) is 6.31. The number of nitrogens with zero attached hydrogens (tertiary/aromatic N) is 4. The van der Waals surface area contributed by atoms with Crippen molar-refractivity contribution in [1.82, 2.24) is 31.0 Å². The van der Waals surface area contributed by atoms with Gasteiger partial charge in [0, 0.05) is 28.8 Å². The van der Waals surface area contributed by atoms with Crippen molar-refractivity contribution in [2.45, 2.75) is 99.6 Å². The molecule has 26 heavy (non-hydrogen) atoms. The SMILES string of the molecule is CC(C)(C)C1=CN(C(C)(C)C)NN1.CC(C)(C)c1cn(C(C)(C)C)nn1. The first-order valence-electron chi connectivity index (χ1n) is 9.39. The average Bonchev–Trinajstić information content (AvgIpc) is 3.06. The molecule has 6 nitrogen and oxygen atoms in total. The molecule has 2 rings (SSSR count). The van der Waals surface area contributed by atoms with E-state index in [1.165, 1.54) is 5.70 Å². The predicted octanol–water partition coefficient (Wildman–Crippen LogP) is 4.33. The van der Waals surface area contributed by atoms with Crippen LogP contribution in [0.15, 0.2) is 18.1 Å². The van der Waals surface area contributed by atoms with E-state index < -0.39 is 0 Å². The van der Waals surface area contributed by atoms with E-state index in [9.17, 15) is 0 Å². The van der Waals surface area contributed by atoms with Crippen LogP contribution in [0.1, 0.15) is 88.8 Å². The van der Waals surface area contributed by atoms with E-state index in [1.807, 2.05) is 10.9 Å². The summed E-state index contributed by atoms with van der Waals surface area (Å²) in [6, 6.07) is 0. The van der Waals surface area contributed by atoms with Crippen LogP contribution in [0, 0.1) is 5.41 Å². The van der Waals surface area contributed by atoms with Crippen LogP contribution in [0.3, 0.4) is 0 Å². The largest absolute Gasteiger partial charge is 0.306 e. The Morgan fingerprint density at radius 2 is 1.31 bits per heavy atom. The first kappa shape index (κ1) is 22.5. The fourth-order valence-electron chi connectivity index (χ4n) is 1.99. The lowest BCUT2D eigenvalue weighted by atomic mass is 9.93. The minimum absolute atomic E-state index is 0.0243. The van der Waals surface area contributed by atoms with Crippen LogP contribution in [-0.4, -0.2) is 25.5 Å². The Morgan fingerprint density at radius 3 is 1.54 bits per heavy atom. The Hall–Kier alpha value is -1.56. The van der Waals surface area contributed by atoms with Crippen molar-refractivity contribution < 1.29 is 0 Å². The van der Waals surface area contributed by atoms with E-state index >= 15 is 0 Å². The number of aromatic nitrogens is 3. The lowest BCUT2D eigenvalue weighted by Gasteiger charge is -2.30. The Balaban J connectivity index is 0.000000260. The van der Waals surface area contributed by atoms with E-state index in [2.05, 4.69) is 116 Å². The molecule has 0 saturated carbocycles. The summed E-state index contributed by atoms with van der Waals surface area (Å²) >= 11 is 0. The molecule has 0 unspecified atom stereocenters. The highest BCUT2D eigenvalue weighted by Crippen LogP contribution is 2.27. The molecule has 1 aliphatic rings. The van der Waals surface area contributed by atoms with Gasteiger partial charge in [-0.3, -0.25) is 5.01 Å². The number of nitrogens with one attached hydrogen (secondary N) is 2. The molecule has 1 aliphatic heterocycles. The topological polar surface area (TPSA) is 58.0 Å². The van der Waals surface area contributed by atoms with Gasteiger partial charge in [0.15, 0.2) is 0 Å². The molecule has 2 heterocycles. The fourth-order valence-corrected chi connectivity index (χ4v) is 1.99. The maximum absolute atomic E-state index is 4.17. The van der Waals surface area contributed by atoms with Crippen LogP contribution in [0.2, 0.25) is 0 Å². The first-order valence-corrected chi connectivity index (χ1v) is 9.39. The molecule has 0 aliphatic carbocycles. The van der Waals surface area contributed by atoms with Crippen LogP contribution in [-0.2, 0) is 11.0 Å². The van der Waals surface area contributed by atoms with Crippen molar-refractivity contribution in [3.05, 3.63) is 23.8 Å². The van der Waals surface area contributed by atoms with Crippen LogP contribution in [0.25, 0.3) is 0 Å². The Bertz CT molecular complexity index is 586. The second kappa shape index (κ2) is 7.22. The van der Waals surface area contributed by atoms with Gasteiger partial charge in [-0.15, -0.1) is 10.6 Å². The summed E-state index contributed by atoms with van der Waals surface area (Å²) < 4.78 is 1.91. The molecule has 150 valence electrons. The molecule has 0 spiro atoms. The van der Waals surface area contributed by atoms with Gasteiger partial charge in [-0.2, -0.15) is 0 Å². The number of rotatable bonds is 0. The van der Waals surface area contributed by atoms with Gasteiger partial charge in [0.1, 0.15) is 0 Å². The van der Waals surface area contributed by atoms with Crippen LogP contribution < -0.4 is 11.0 Å². The van der Waals surface area contributed by atoms with Crippen molar-refractivity contribution in [3.8, 4) is 0 Å². The highest BCUT2D eigenvalue weighted by atomic mass is 15.7. The predicted molar refractivity (Wildman–Crippen MR) is 109 cm³/mol. The smallest absolute Gasteiger partial charge is 0.0880 e. The zero-order valence-corrected chi connectivity index (χ0v) is 18.9. The molecule has 1 aromatic heterocycles. The van der Waals surface area contributed by atoms with Gasteiger partial charge in [0.25, 0.3) is 0 Å². The van der Waals surface area contributed by atoms with Gasteiger partial charge in [0.2, 0.25) is 0 Å². The van der Waals surface area contributed by atoms with Crippen molar-refractivity contribution in [2.75, 3.05) is 0 Å². The highest BCUT2D eigenvalue weighted by molar-refractivity contribution is 5.11. The molecular formula is C20H40N6. The average molecular weight is 365 g/mol. The summed E-state index contributed by atoms with van der Waals surface area (Å²) in [6.45, 7) is 25.9. The van der Waals surface area contributed by atoms with Crippen LogP contribution in [0.5, 0.6) is 0 Å². The molecule has 2 N–H and O–H groups in total. The standard InChI is InChI=1S/C10H21N3.C10H19N3/c2*1-9(2,3)8-7-13(12-11-8)10(4,5)6/h7,11-12H,1-6H3;7H,1-6H3. The summed E-state index contributed by atoms with van der Waals surface area (Å²) in [6.07, 6.45) is 4.17. The second-order valence-electron chi connectivity index (χ2n) is 11.0. The van der Waals surface area contributed by atoms with Gasteiger partial charge < -0.3 is 5.43 Å². The number of allylic oxidation sites excluding steroid dienone is 1. The zero-order chi connectivity index (χ0) is 20.6. The summed E-state index contributed by atoms with van der Waals surface area (Å²) in [7, 11) is 0. The normalized spacial score (nSPS) is 16.0. The molecule has 0 saturated heterocycles. The van der Waals surface area contributed by atoms with Gasteiger partial charge in [-0.25, -0.2) is 4.68 Å². The van der Waals surface area contributed by atoms with E-state index in [-0.39, 0.29) is 21.9 Å². The van der Waals surface area contributed by atoms with Crippen molar-refractivity contribution in [1.29, 1.82) is 0 Å². The summed E-state index contributed by atoms with van der Waals surface area (Å²) in [5.41, 5.74) is 9.00. The Morgan fingerprint density at radius 1 is 0.769 bits per heavy atom. The molecule has 0 atom stereocenters. The summed E-state index contributed by atoms with van der Waals surface area (Å²) in [4.78, 5) is 0. The van der Waals surface area contributed by atoms with Gasteiger partial charge in [0.05, 0.1) is 16.9 Å². The van der Waals surface area contributed by atoms with Gasteiger partial charge in [-0.05, 0) is 41.5 Å². The zero-order valence-electron chi connectivity index (χ0n) is 18.9. The fraction of sp³-hybridized carbons (Fsp3) is 0.800. The van der Waals surface area contributed by atoms with E-state index in [0.29, 0.717) is 0 Å². The van der Waals surface area contributed by atoms with Crippen molar-refractivity contribution in [3.63, 3.8) is 0 Å². The van der Waals surface area contributed by atoms with Crippen LogP contribution in [0.4, 0.5) is 0 Å². The Kier molecular flexibility index (Phi) is 6.24. The number of hydrogen-bond donors (Lipinski definition) is 2. The third-order valence-electron chi connectivity index (χ3n) is 4.05. The van der Waals surface area contributed by atoms with Crippen molar-refractivity contribution >= 4 is 0 Å². The van der Waals surface area contributed by atoms with E-state index in [1.54, 1.807) is 0 Å². The second-order valence-corrected chi connectivity index (χ2v) is 11.0. The first-order chi connectivity index (χ1) is 11.4. The molecule has 0 aromatic carbocycles. The molecular weight excluding hydrogens is 324 g/mol. The van der Waals surface area contributed by atoms with Gasteiger partial charge in [-0.1, -0.05) is 46.8 Å². The molecule has 6 heteroatoms. The minimum Gasteiger partial charge on any atom is -0.306 e. The minimum atomic E-state index is 0.0243. The van der Waals surface area contributed by atoms with E-state index in [4.69, 9.17) is 0 Å². The number of hydrazine groups is 2. The summed E-state index contributed by atoms with van der Waals surface area (Å²) in [5, 5.41) is 10.4. The third-order valence-corrected chi connectivity index (χ3v) is 4.05. The quantitative estimate of drug-likeness (QED) is 0.718. The van der Waals surface area contributed by atoms with Gasteiger partial charge >= 0.3 is 0 Å². The monoisotopic (exact) mass is 364 g/mol. The maximum atomic E-state index is 4.17.